The van der Waals surface area contributed by atoms with Gasteiger partial charge in [-0.05, 0) is 50.5 Å². The number of rotatable bonds is 7. The largest absolute Gasteiger partial charge is 0.494 e. The summed E-state index contributed by atoms with van der Waals surface area (Å²) in [5.74, 6) is 1.77. The van der Waals surface area contributed by atoms with E-state index < -0.39 is 5.54 Å². The summed E-state index contributed by atoms with van der Waals surface area (Å²) in [5, 5.41) is 7.08. The molecule has 1 saturated carbocycles. The van der Waals surface area contributed by atoms with Crippen LogP contribution in [-0.2, 0) is 5.54 Å². The lowest BCUT2D eigenvalue weighted by Gasteiger charge is -2.34. The Kier molecular flexibility index (Phi) is 5.91. The van der Waals surface area contributed by atoms with E-state index in [0.717, 1.165) is 50.7 Å². The SMILES string of the molecule is CCCCOc1ccc(C(=O)NC2(c3nc(C)no3)CCCCC2)cc1. The Hall–Kier alpha value is -2.37. The van der Waals surface area contributed by atoms with Gasteiger partial charge in [0.25, 0.3) is 11.8 Å². The molecule has 0 saturated heterocycles. The Bertz CT molecular complexity index is 718. The molecule has 1 fully saturated rings. The van der Waals surface area contributed by atoms with Crippen LogP contribution in [0.2, 0.25) is 0 Å². The Morgan fingerprint density at radius 3 is 2.58 bits per heavy atom. The molecule has 1 amide bonds. The number of hydrogen-bond acceptors (Lipinski definition) is 5. The first-order valence-corrected chi connectivity index (χ1v) is 9.49. The van der Waals surface area contributed by atoms with Crippen LogP contribution in [0.5, 0.6) is 5.75 Å². The number of carbonyl (C=O) groups is 1. The molecular formula is C20H27N3O3. The van der Waals surface area contributed by atoms with Crippen LogP contribution < -0.4 is 10.1 Å². The van der Waals surface area contributed by atoms with E-state index in [0.29, 0.717) is 23.9 Å². The summed E-state index contributed by atoms with van der Waals surface area (Å²) in [4.78, 5) is 17.2. The molecule has 0 radical (unpaired) electrons. The summed E-state index contributed by atoms with van der Waals surface area (Å²) >= 11 is 0. The third kappa shape index (κ3) is 4.23. The molecule has 0 aliphatic heterocycles. The molecule has 1 heterocycles. The molecule has 6 nitrogen and oxygen atoms in total. The van der Waals surface area contributed by atoms with Gasteiger partial charge < -0.3 is 14.6 Å². The van der Waals surface area contributed by atoms with E-state index >= 15 is 0 Å². The van der Waals surface area contributed by atoms with E-state index in [1.165, 1.54) is 0 Å². The van der Waals surface area contributed by atoms with Crippen molar-refractivity contribution in [2.45, 2.75) is 64.3 Å². The zero-order valence-electron chi connectivity index (χ0n) is 15.6. The molecule has 3 rings (SSSR count). The Balaban J connectivity index is 1.71. The lowest BCUT2D eigenvalue weighted by atomic mass is 9.81. The van der Waals surface area contributed by atoms with Gasteiger partial charge >= 0.3 is 0 Å². The topological polar surface area (TPSA) is 77.2 Å². The first-order chi connectivity index (χ1) is 12.6. The lowest BCUT2D eigenvalue weighted by Crippen LogP contribution is -2.47. The zero-order chi connectivity index (χ0) is 18.4. The maximum Gasteiger partial charge on any atom is 0.252 e. The average molecular weight is 357 g/mol. The summed E-state index contributed by atoms with van der Waals surface area (Å²) in [6, 6.07) is 7.28. The number of aromatic nitrogens is 2. The van der Waals surface area contributed by atoms with Crippen molar-refractivity contribution in [3.05, 3.63) is 41.5 Å². The molecule has 2 aromatic rings. The second-order valence-corrected chi connectivity index (χ2v) is 6.97. The fraction of sp³-hybridized carbons (Fsp3) is 0.550. The van der Waals surface area contributed by atoms with E-state index in [9.17, 15) is 4.79 Å². The van der Waals surface area contributed by atoms with Crippen LogP contribution >= 0.6 is 0 Å². The number of aryl methyl sites for hydroxylation is 1. The Morgan fingerprint density at radius 2 is 1.96 bits per heavy atom. The van der Waals surface area contributed by atoms with E-state index in [-0.39, 0.29) is 5.91 Å². The van der Waals surface area contributed by atoms with E-state index in [2.05, 4.69) is 22.4 Å². The van der Waals surface area contributed by atoms with Crippen molar-refractivity contribution in [1.29, 1.82) is 0 Å². The number of benzene rings is 1. The van der Waals surface area contributed by atoms with Crippen molar-refractivity contribution in [3.8, 4) is 5.75 Å². The van der Waals surface area contributed by atoms with Crippen molar-refractivity contribution < 1.29 is 14.1 Å². The minimum atomic E-state index is -0.563. The molecule has 0 bridgehead atoms. The highest BCUT2D eigenvalue weighted by Gasteiger charge is 2.40. The minimum Gasteiger partial charge on any atom is -0.494 e. The minimum absolute atomic E-state index is 0.122. The Labute approximate surface area is 154 Å². The van der Waals surface area contributed by atoms with Gasteiger partial charge in [0.2, 0.25) is 0 Å². The van der Waals surface area contributed by atoms with Gasteiger partial charge in [-0.1, -0.05) is 37.8 Å². The fourth-order valence-electron chi connectivity index (χ4n) is 3.37. The molecule has 1 aliphatic rings. The van der Waals surface area contributed by atoms with Gasteiger partial charge in [-0.15, -0.1) is 0 Å². The van der Waals surface area contributed by atoms with Gasteiger partial charge in [0.1, 0.15) is 11.3 Å². The van der Waals surface area contributed by atoms with Crippen LogP contribution in [0, 0.1) is 6.92 Å². The lowest BCUT2D eigenvalue weighted by molar-refractivity contribution is 0.0824. The predicted molar refractivity (Wildman–Crippen MR) is 98.1 cm³/mol. The van der Waals surface area contributed by atoms with Crippen LogP contribution in [0.25, 0.3) is 0 Å². The number of ether oxygens (including phenoxy) is 1. The van der Waals surface area contributed by atoms with Crippen molar-refractivity contribution in [3.63, 3.8) is 0 Å². The van der Waals surface area contributed by atoms with Crippen molar-refractivity contribution >= 4 is 5.91 Å². The summed E-state index contributed by atoms with van der Waals surface area (Å²) in [5.41, 5.74) is 0.0430. The fourth-order valence-corrected chi connectivity index (χ4v) is 3.37. The van der Waals surface area contributed by atoms with Gasteiger partial charge in [-0.3, -0.25) is 4.79 Å². The average Bonchev–Trinajstić information content (AvgIpc) is 3.10. The van der Waals surface area contributed by atoms with Gasteiger partial charge in [-0.25, -0.2) is 0 Å². The van der Waals surface area contributed by atoms with Crippen LogP contribution in [0.15, 0.2) is 28.8 Å². The molecule has 26 heavy (non-hydrogen) atoms. The van der Waals surface area contributed by atoms with Crippen molar-refractivity contribution in [2.75, 3.05) is 6.61 Å². The molecule has 0 spiro atoms. The highest BCUT2D eigenvalue weighted by Crippen LogP contribution is 2.36. The smallest absolute Gasteiger partial charge is 0.252 e. The molecule has 0 atom stereocenters. The summed E-state index contributed by atoms with van der Waals surface area (Å²) in [6.45, 7) is 4.62. The van der Waals surface area contributed by atoms with Gasteiger partial charge in [0.05, 0.1) is 6.61 Å². The number of nitrogens with one attached hydrogen (secondary N) is 1. The normalized spacial score (nSPS) is 16.2. The third-order valence-electron chi connectivity index (χ3n) is 4.88. The van der Waals surface area contributed by atoms with Crippen LogP contribution in [0.4, 0.5) is 0 Å². The van der Waals surface area contributed by atoms with E-state index in [1.807, 2.05) is 12.1 Å². The first kappa shape index (κ1) is 18.4. The zero-order valence-corrected chi connectivity index (χ0v) is 15.6. The van der Waals surface area contributed by atoms with Crippen molar-refractivity contribution in [1.82, 2.24) is 15.5 Å². The quantitative estimate of drug-likeness (QED) is 0.753. The van der Waals surface area contributed by atoms with E-state index in [4.69, 9.17) is 9.26 Å². The first-order valence-electron chi connectivity index (χ1n) is 9.49. The molecule has 0 unspecified atom stereocenters. The molecule has 1 N–H and O–H groups in total. The second kappa shape index (κ2) is 8.34. The number of carbonyl (C=O) groups excluding carboxylic acids is 1. The number of nitrogens with zero attached hydrogens (tertiary/aromatic N) is 2. The number of amides is 1. The second-order valence-electron chi connectivity index (χ2n) is 6.97. The van der Waals surface area contributed by atoms with Crippen LogP contribution in [0.3, 0.4) is 0 Å². The van der Waals surface area contributed by atoms with Crippen LogP contribution in [-0.4, -0.2) is 22.7 Å². The molecule has 1 aromatic heterocycles. The molecule has 1 aromatic carbocycles. The monoisotopic (exact) mass is 357 g/mol. The summed E-state index contributed by atoms with van der Waals surface area (Å²) in [6.07, 6.45) is 6.98. The highest BCUT2D eigenvalue weighted by atomic mass is 16.5. The van der Waals surface area contributed by atoms with E-state index in [1.54, 1.807) is 19.1 Å². The highest BCUT2D eigenvalue weighted by molar-refractivity contribution is 5.94. The Morgan fingerprint density at radius 1 is 1.23 bits per heavy atom. The molecule has 1 aliphatic carbocycles. The maximum absolute atomic E-state index is 12.8. The van der Waals surface area contributed by atoms with Crippen molar-refractivity contribution in [2.24, 2.45) is 0 Å². The molecule has 140 valence electrons. The van der Waals surface area contributed by atoms with Gasteiger partial charge in [-0.2, -0.15) is 4.98 Å². The summed E-state index contributed by atoms with van der Waals surface area (Å²) in [7, 11) is 0. The molecule has 6 heteroatoms. The third-order valence-corrected chi connectivity index (χ3v) is 4.88. The predicted octanol–water partition coefficient (Wildman–Crippen LogP) is 4.15. The van der Waals surface area contributed by atoms with Gasteiger partial charge in [0.15, 0.2) is 5.82 Å². The number of hydrogen-bond donors (Lipinski definition) is 1. The molecular weight excluding hydrogens is 330 g/mol. The standard InChI is InChI=1S/C20H27N3O3/c1-3-4-14-25-17-10-8-16(9-11-17)18(24)22-20(12-6-5-7-13-20)19-21-15(2)23-26-19/h8-11H,3-7,12-14H2,1-2H3,(H,22,24). The van der Waals surface area contributed by atoms with Gasteiger partial charge in [0, 0.05) is 5.56 Å². The maximum atomic E-state index is 12.8. The summed E-state index contributed by atoms with van der Waals surface area (Å²) < 4.78 is 11.1. The van der Waals surface area contributed by atoms with Crippen LogP contribution in [0.1, 0.15) is 73.9 Å². The number of unbranched alkanes of at least 4 members (excludes halogenated alkanes) is 1.